The molecule has 0 aliphatic heterocycles. The van der Waals surface area contributed by atoms with Gasteiger partial charge >= 0.3 is 0 Å². The molecule has 3 aromatic rings. The van der Waals surface area contributed by atoms with E-state index in [9.17, 15) is 0 Å². The molecular formula is C15H10ClNS. The predicted octanol–water partition coefficient (Wildman–Crippen LogP) is 5.22. The third-order valence-electron chi connectivity index (χ3n) is 2.71. The van der Waals surface area contributed by atoms with Crippen LogP contribution in [0.15, 0.2) is 65.0 Å². The van der Waals surface area contributed by atoms with Crippen molar-refractivity contribution in [2.45, 2.75) is 0 Å². The summed E-state index contributed by atoms with van der Waals surface area (Å²) in [6.45, 7) is 0. The molecule has 1 aromatic heterocycles. The second-order valence-electron chi connectivity index (χ2n) is 3.88. The summed E-state index contributed by atoms with van der Waals surface area (Å²) in [4.78, 5) is 5.51. The molecule has 0 unspecified atom stereocenters. The molecule has 18 heavy (non-hydrogen) atoms. The zero-order chi connectivity index (χ0) is 12.4. The second kappa shape index (κ2) is 4.92. The number of aliphatic imine (C=N–C) groups is 1. The standard InChI is InChI=1S/C15H10ClNS/c16-15(14-9-4-10-18-14)17-13-8-3-6-11-5-1-2-7-12(11)13/h1-10H. The molecule has 0 spiro atoms. The fourth-order valence-corrected chi connectivity index (χ4v) is 2.75. The number of halogens is 1. The van der Waals surface area contributed by atoms with E-state index in [1.165, 1.54) is 5.39 Å². The topological polar surface area (TPSA) is 12.4 Å². The van der Waals surface area contributed by atoms with E-state index in [0.717, 1.165) is 16.0 Å². The maximum atomic E-state index is 6.24. The fraction of sp³-hybridized carbons (Fsp3) is 0. The van der Waals surface area contributed by atoms with Gasteiger partial charge in [-0.25, -0.2) is 4.99 Å². The van der Waals surface area contributed by atoms with Gasteiger partial charge in [0.15, 0.2) is 0 Å². The Bertz CT molecular complexity index is 696. The van der Waals surface area contributed by atoms with Crippen molar-refractivity contribution in [2.75, 3.05) is 0 Å². The summed E-state index contributed by atoms with van der Waals surface area (Å²) < 4.78 is 0. The van der Waals surface area contributed by atoms with E-state index < -0.39 is 0 Å². The molecule has 0 aliphatic rings. The molecule has 3 heteroatoms. The monoisotopic (exact) mass is 271 g/mol. The molecule has 0 fully saturated rings. The Hall–Kier alpha value is -1.64. The van der Waals surface area contributed by atoms with Gasteiger partial charge in [-0.15, -0.1) is 11.3 Å². The molecule has 0 N–H and O–H groups in total. The van der Waals surface area contributed by atoms with Crippen LogP contribution in [0.1, 0.15) is 4.88 Å². The Kier molecular flexibility index (Phi) is 3.13. The Morgan fingerprint density at radius 3 is 2.61 bits per heavy atom. The highest BCUT2D eigenvalue weighted by molar-refractivity contribution is 7.14. The molecule has 2 aromatic carbocycles. The lowest BCUT2D eigenvalue weighted by atomic mass is 10.1. The van der Waals surface area contributed by atoms with Crippen molar-refractivity contribution in [1.29, 1.82) is 0 Å². The molecule has 0 amide bonds. The number of fused-ring (bicyclic) bond motifs is 1. The first kappa shape index (κ1) is 11.5. The average molecular weight is 272 g/mol. The van der Waals surface area contributed by atoms with Crippen LogP contribution >= 0.6 is 22.9 Å². The van der Waals surface area contributed by atoms with Crippen molar-refractivity contribution in [1.82, 2.24) is 0 Å². The van der Waals surface area contributed by atoms with Gasteiger partial charge in [-0.05, 0) is 22.9 Å². The minimum atomic E-state index is 0.543. The average Bonchev–Trinajstić information content (AvgIpc) is 2.93. The van der Waals surface area contributed by atoms with Crippen LogP contribution in [0, 0.1) is 0 Å². The molecule has 0 saturated heterocycles. The van der Waals surface area contributed by atoms with Crippen LogP contribution in [0.4, 0.5) is 5.69 Å². The third kappa shape index (κ3) is 2.17. The van der Waals surface area contributed by atoms with Crippen LogP contribution in [0.5, 0.6) is 0 Å². The second-order valence-corrected chi connectivity index (χ2v) is 5.18. The van der Waals surface area contributed by atoms with Gasteiger partial charge < -0.3 is 0 Å². The first-order valence-electron chi connectivity index (χ1n) is 5.60. The van der Waals surface area contributed by atoms with Gasteiger partial charge in [0.25, 0.3) is 0 Å². The van der Waals surface area contributed by atoms with Gasteiger partial charge in [-0.3, -0.25) is 0 Å². The zero-order valence-electron chi connectivity index (χ0n) is 9.51. The van der Waals surface area contributed by atoms with Crippen molar-refractivity contribution in [3.63, 3.8) is 0 Å². The number of hydrogen-bond donors (Lipinski definition) is 0. The summed E-state index contributed by atoms with van der Waals surface area (Å²) in [6, 6.07) is 18.2. The Morgan fingerprint density at radius 1 is 0.944 bits per heavy atom. The van der Waals surface area contributed by atoms with Crippen molar-refractivity contribution in [3.05, 3.63) is 64.9 Å². The van der Waals surface area contributed by atoms with Crippen LogP contribution in [0.3, 0.4) is 0 Å². The van der Waals surface area contributed by atoms with Gasteiger partial charge in [0.05, 0.1) is 10.6 Å². The molecule has 88 valence electrons. The Balaban J connectivity index is 2.13. The molecule has 0 aliphatic carbocycles. The first-order chi connectivity index (χ1) is 8.84. The maximum absolute atomic E-state index is 6.24. The van der Waals surface area contributed by atoms with Gasteiger partial charge in [-0.1, -0.05) is 54.1 Å². The van der Waals surface area contributed by atoms with Crippen molar-refractivity contribution in [3.8, 4) is 0 Å². The zero-order valence-corrected chi connectivity index (χ0v) is 11.1. The third-order valence-corrected chi connectivity index (χ3v) is 3.99. The summed E-state index contributed by atoms with van der Waals surface area (Å²) in [5.41, 5.74) is 0.909. The molecule has 0 saturated carbocycles. The highest BCUT2D eigenvalue weighted by Crippen LogP contribution is 2.27. The number of hydrogen-bond acceptors (Lipinski definition) is 2. The highest BCUT2D eigenvalue weighted by atomic mass is 35.5. The van der Waals surface area contributed by atoms with E-state index in [4.69, 9.17) is 11.6 Å². The van der Waals surface area contributed by atoms with Gasteiger partial charge in [0.1, 0.15) is 5.17 Å². The minimum absolute atomic E-state index is 0.543. The molecule has 0 atom stereocenters. The molecule has 0 bridgehead atoms. The first-order valence-corrected chi connectivity index (χ1v) is 6.86. The van der Waals surface area contributed by atoms with Gasteiger partial charge in [0.2, 0.25) is 0 Å². The van der Waals surface area contributed by atoms with Crippen LogP contribution < -0.4 is 0 Å². The maximum Gasteiger partial charge on any atom is 0.146 e. The van der Waals surface area contributed by atoms with E-state index in [-0.39, 0.29) is 0 Å². The molecular weight excluding hydrogens is 262 g/mol. The quantitative estimate of drug-likeness (QED) is 0.567. The summed E-state index contributed by atoms with van der Waals surface area (Å²) in [6.07, 6.45) is 0. The van der Waals surface area contributed by atoms with Crippen molar-refractivity contribution in [2.24, 2.45) is 4.99 Å². The molecule has 1 nitrogen and oxygen atoms in total. The lowest BCUT2D eigenvalue weighted by molar-refractivity contribution is 1.57. The van der Waals surface area contributed by atoms with Crippen LogP contribution in [-0.4, -0.2) is 5.17 Å². The van der Waals surface area contributed by atoms with Crippen LogP contribution in [0.2, 0.25) is 0 Å². The number of thiophene rings is 1. The van der Waals surface area contributed by atoms with E-state index in [0.29, 0.717) is 5.17 Å². The molecule has 0 radical (unpaired) electrons. The number of rotatable bonds is 2. The van der Waals surface area contributed by atoms with Crippen LogP contribution in [0.25, 0.3) is 10.8 Å². The van der Waals surface area contributed by atoms with Gasteiger partial charge in [0, 0.05) is 5.39 Å². The largest absolute Gasteiger partial charge is 0.235 e. The SMILES string of the molecule is ClC(=Nc1cccc2ccccc12)c1cccs1. The smallest absolute Gasteiger partial charge is 0.146 e. The van der Waals surface area contributed by atoms with Gasteiger partial charge in [-0.2, -0.15) is 0 Å². The molecule has 3 rings (SSSR count). The number of nitrogens with zero attached hydrogens (tertiary/aromatic N) is 1. The predicted molar refractivity (Wildman–Crippen MR) is 80.3 cm³/mol. The highest BCUT2D eigenvalue weighted by Gasteiger charge is 2.03. The Labute approximate surface area is 114 Å². The fourth-order valence-electron chi connectivity index (χ4n) is 1.86. The van der Waals surface area contributed by atoms with E-state index >= 15 is 0 Å². The van der Waals surface area contributed by atoms with E-state index in [2.05, 4.69) is 23.2 Å². The lowest BCUT2D eigenvalue weighted by Crippen LogP contribution is -1.85. The number of benzene rings is 2. The van der Waals surface area contributed by atoms with E-state index in [1.807, 2.05) is 41.8 Å². The summed E-state index contributed by atoms with van der Waals surface area (Å²) in [5.74, 6) is 0. The van der Waals surface area contributed by atoms with E-state index in [1.54, 1.807) is 11.3 Å². The Morgan fingerprint density at radius 2 is 1.78 bits per heavy atom. The van der Waals surface area contributed by atoms with Crippen molar-refractivity contribution < 1.29 is 0 Å². The van der Waals surface area contributed by atoms with Crippen molar-refractivity contribution >= 4 is 44.6 Å². The summed E-state index contributed by atoms with van der Waals surface area (Å²) in [7, 11) is 0. The molecule has 1 heterocycles. The lowest BCUT2D eigenvalue weighted by Gasteiger charge is -2.02. The minimum Gasteiger partial charge on any atom is -0.235 e. The summed E-state index contributed by atoms with van der Waals surface area (Å²) in [5, 5.41) is 4.83. The normalized spacial score (nSPS) is 11.9. The van der Waals surface area contributed by atoms with Crippen LogP contribution in [-0.2, 0) is 0 Å². The summed E-state index contributed by atoms with van der Waals surface area (Å²) >= 11 is 7.84.